The van der Waals surface area contributed by atoms with Crippen LogP contribution in [-0.2, 0) is 5.41 Å². The zero-order valence-corrected chi connectivity index (χ0v) is 11.8. The first-order valence-electron chi connectivity index (χ1n) is 6.71. The average Bonchev–Trinajstić information content (AvgIpc) is 2.39. The van der Waals surface area contributed by atoms with E-state index in [0.29, 0.717) is 0 Å². The SMILES string of the molecule is CCC(C)(c1ccc(C)cc1)c1ccccc1C. The molecule has 0 aliphatic rings. The summed E-state index contributed by atoms with van der Waals surface area (Å²) in [7, 11) is 0. The third-order valence-electron chi connectivity index (χ3n) is 4.14. The first-order valence-corrected chi connectivity index (χ1v) is 6.71. The summed E-state index contributed by atoms with van der Waals surface area (Å²) in [5.74, 6) is 0. The molecule has 2 aromatic carbocycles. The van der Waals surface area contributed by atoms with E-state index in [1.54, 1.807) is 0 Å². The fourth-order valence-electron chi connectivity index (χ4n) is 2.66. The molecule has 0 aliphatic heterocycles. The van der Waals surface area contributed by atoms with Gasteiger partial charge in [0.05, 0.1) is 0 Å². The summed E-state index contributed by atoms with van der Waals surface area (Å²) in [6, 6.07) is 17.7. The Morgan fingerprint density at radius 2 is 1.50 bits per heavy atom. The molecule has 2 rings (SSSR count). The van der Waals surface area contributed by atoms with Crippen molar-refractivity contribution >= 4 is 0 Å². The molecule has 94 valence electrons. The topological polar surface area (TPSA) is 0 Å². The lowest BCUT2D eigenvalue weighted by atomic mass is 9.72. The van der Waals surface area contributed by atoms with Gasteiger partial charge in [-0.2, -0.15) is 0 Å². The van der Waals surface area contributed by atoms with Gasteiger partial charge in [-0.1, -0.05) is 67.9 Å². The van der Waals surface area contributed by atoms with Crippen LogP contribution in [0.15, 0.2) is 48.5 Å². The number of rotatable bonds is 3. The summed E-state index contributed by atoms with van der Waals surface area (Å²) in [5.41, 5.74) is 5.66. The fraction of sp³-hybridized carbons (Fsp3) is 0.333. The quantitative estimate of drug-likeness (QED) is 0.704. The Bertz CT molecular complexity index is 522. The Morgan fingerprint density at radius 3 is 2.06 bits per heavy atom. The molecular formula is C18H22. The third kappa shape index (κ3) is 2.20. The van der Waals surface area contributed by atoms with Crippen molar-refractivity contribution in [2.24, 2.45) is 0 Å². The minimum atomic E-state index is 0.110. The lowest BCUT2D eigenvalue weighted by Gasteiger charge is -2.31. The Kier molecular flexibility index (Phi) is 3.56. The van der Waals surface area contributed by atoms with Gasteiger partial charge in [-0.05, 0) is 37.0 Å². The second kappa shape index (κ2) is 4.97. The van der Waals surface area contributed by atoms with E-state index < -0.39 is 0 Å². The molecule has 0 nitrogen and oxygen atoms in total. The molecule has 1 unspecified atom stereocenters. The normalized spacial score (nSPS) is 14.2. The zero-order chi connectivity index (χ0) is 13.2. The third-order valence-corrected chi connectivity index (χ3v) is 4.14. The van der Waals surface area contributed by atoms with Crippen LogP contribution in [-0.4, -0.2) is 0 Å². The Hall–Kier alpha value is -1.56. The average molecular weight is 238 g/mol. The van der Waals surface area contributed by atoms with E-state index in [9.17, 15) is 0 Å². The van der Waals surface area contributed by atoms with E-state index in [4.69, 9.17) is 0 Å². The van der Waals surface area contributed by atoms with Gasteiger partial charge in [0.25, 0.3) is 0 Å². The second-order valence-electron chi connectivity index (χ2n) is 5.37. The van der Waals surface area contributed by atoms with E-state index in [-0.39, 0.29) is 5.41 Å². The van der Waals surface area contributed by atoms with Gasteiger partial charge >= 0.3 is 0 Å². The lowest BCUT2D eigenvalue weighted by molar-refractivity contribution is 0.546. The molecule has 0 bridgehead atoms. The maximum atomic E-state index is 2.35. The number of benzene rings is 2. The highest BCUT2D eigenvalue weighted by Crippen LogP contribution is 2.36. The Labute approximate surface area is 111 Å². The van der Waals surface area contributed by atoms with Crippen LogP contribution in [0.25, 0.3) is 0 Å². The highest BCUT2D eigenvalue weighted by molar-refractivity contribution is 5.43. The summed E-state index contributed by atoms with van der Waals surface area (Å²) in [4.78, 5) is 0. The maximum Gasteiger partial charge on any atom is 0.0174 e. The van der Waals surface area contributed by atoms with E-state index >= 15 is 0 Å². The monoisotopic (exact) mass is 238 g/mol. The highest BCUT2D eigenvalue weighted by Gasteiger charge is 2.27. The maximum absolute atomic E-state index is 2.35. The van der Waals surface area contributed by atoms with Gasteiger partial charge in [0.2, 0.25) is 0 Å². The summed E-state index contributed by atoms with van der Waals surface area (Å²) < 4.78 is 0. The number of hydrogen-bond donors (Lipinski definition) is 0. The van der Waals surface area contributed by atoms with Crippen LogP contribution in [0, 0.1) is 13.8 Å². The zero-order valence-electron chi connectivity index (χ0n) is 11.8. The molecule has 18 heavy (non-hydrogen) atoms. The number of aryl methyl sites for hydroxylation is 2. The van der Waals surface area contributed by atoms with E-state index in [1.807, 2.05) is 0 Å². The summed E-state index contributed by atoms with van der Waals surface area (Å²) in [6.07, 6.45) is 1.11. The van der Waals surface area contributed by atoms with Crippen LogP contribution in [0.3, 0.4) is 0 Å². The molecule has 0 N–H and O–H groups in total. The van der Waals surface area contributed by atoms with Gasteiger partial charge < -0.3 is 0 Å². The van der Waals surface area contributed by atoms with Crippen LogP contribution >= 0.6 is 0 Å². The Balaban J connectivity index is 2.55. The van der Waals surface area contributed by atoms with Gasteiger partial charge in [0.15, 0.2) is 0 Å². The summed E-state index contributed by atoms with van der Waals surface area (Å²) in [6.45, 7) is 8.96. The van der Waals surface area contributed by atoms with Crippen molar-refractivity contribution in [1.82, 2.24) is 0 Å². The van der Waals surface area contributed by atoms with Crippen LogP contribution in [0.4, 0.5) is 0 Å². The predicted octanol–water partition coefficient (Wildman–Crippen LogP) is 5.02. The van der Waals surface area contributed by atoms with Crippen LogP contribution in [0.5, 0.6) is 0 Å². The van der Waals surface area contributed by atoms with Crippen molar-refractivity contribution < 1.29 is 0 Å². The fourth-order valence-corrected chi connectivity index (χ4v) is 2.66. The molecule has 0 spiro atoms. The van der Waals surface area contributed by atoms with Gasteiger partial charge in [-0.3, -0.25) is 0 Å². The smallest absolute Gasteiger partial charge is 0.0174 e. The standard InChI is InChI=1S/C18H22/c1-5-18(4,16-12-10-14(2)11-13-16)17-9-7-6-8-15(17)3/h6-13H,5H2,1-4H3. The molecule has 0 heterocycles. The summed E-state index contributed by atoms with van der Waals surface area (Å²) in [5, 5.41) is 0. The molecular weight excluding hydrogens is 216 g/mol. The van der Waals surface area contributed by atoms with Gasteiger partial charge in [-0.25, -0.2) is 0 Å². The molecule has 0 saturated heterocycles. The van der Waals surface area contributed by atoms with E-state index in [2.05, 4.69) is 76.2 Å². The molecule has 0 heteroatoms. The lowest BCUT2D eigenvalue weighted by Crippen LogP contribution is -2.23. The second-order valence-corrected chi connectivity index (χ2v) is 5.37. The largest absolute Gasteiger partial charge is 0.0642 e. The first-order chi connectivity index (χ1) is 8.58. The molecule has 1 atom stereocenters. The van der Waals surface area contributed by atoms with Crippen LogP contribution in [0.1, 0.15) is 42.5 Å². The van der Waals surface area contributed by atoms with Crippen molar-refractivity contribution in [1.29, 1.82) is 0 Å². The minimum Gasteiger partial charge on any atom is -0.0642 e. The molecule has 0 saturated carbocycles. The molecule has 0 fully saturated rings. The van der Waals surface area contributed by atoms with E-state index in [0.717, 1.165) is 6.42 Å². The van der Waals surface area contributed by atoms with Crippen molar-refractivity contribution in [3.63, 3.8) is 0 Å². The molecule has 0 radical (unpaired) electrons. The molecule has 0 amide bonds. The van der Waals surface area contributed by atoms with Crippen LogP contribution in [0.2, 0.25) is 0 Å². The van der Waals surface area contributed by atoms with Gasteiger partial charge in [0.1, 0.15) is 0 Å². The van der Waals surface area contributed by atoms with Crippen molar-refractivity contribution in [3.05, 3.63) is 70.8 Å². The summed E-state index contributed by atoms with van der Waals surface area (Å²) >= 11 is 0. The van der Waals surface area contributed by atoms with Crippen molar-refractivity contribution in [2.45, 2.75) is 39.5 Å². The first kappa shape index (κ1) is 12.9. The van der Waals surface area contributed by atoms with Crippen LogP contribution < -0.4 is 0 Å². The highest BCUT2D eigenvalue weighted by atomic mass is 14.3. The molecule has 2 aromatic rings. The van der Waals surface area contributed by atoms with Gasteiger partial charge in [0, 0.05) is 5.41 Å². The minimum absolute atomic E-state index is 0.110. The van der Waals surface area contributed by atoms with Crippen molar-refractivity contribution in [2.75, 3.05) is 0 Å². The Morgan fingerprint density at radius 1 is 0.889 bits per heavy atom. The van der Waals surface area contributed by atoms with E-state index in [1.165, 1.54) is 22.3 Å². The van der Waals surface area contributed by atoms with Crippen molar-refractivity contribution in [3.8, 4) is 0 Å². The number of hydrogen-bond acceptors (Lipinski definition) is 0. The molecule has 0 aliphatic carbocycles. The predicted molar refractivity (Wildman–Crippen MR) is 79.1 cm³/mol. The van der Waals surface area contributed by atoms with Gasteiger partial charge in [-0.15, -0.1) is 0 Å². The molecule has 0 aromatic heterocycles.